The number of rotatable bonds is 5. The van der Waals surface area contributed by atoms with Gasteiger partial charge in [-0.3, -0.25) is 9.98 Å². The van der Waals surface area contributed by atoms with Crippen LogP contribution in [0.25, 0.3) is 0 Å². The summed E-state index contributed by atoms with van der Waals surface area (Å²) in [5.74, 6) is 1.60. The molecule has 0 atom stereocenters. The molecule has 0 aliphatic carbocycles. The van der Waals surface area contributed by atoms with E-state index in [1.54, 1.807) is 13.3 Å². The van der Waals surface area contributed by atoms with E-state index in [-0.39, 0.29) is 24.0 Å². The first-order chi connectivity index (χ1) is 9.81. The Balaban J connectivity index is 0.00000220. The molecule has 0 aliphatic rings. The quantitative estimate of drug-likeness (QED) is 0.460. The fraction of sp³-hybridized carbons (Fsp3) is 0.333. The largest absolute Gasteiger partial charge is 0.467 e. The predicted octanol–water partition coefficient (Wildman–Crippen LogP) is 2.72. The number of aryl methyl sites for hydroxylation is 1. The van der Waals surface area contributed by atoms with Gasteiger partial charge in [0.25, 0.3) is 0 Å². The van der Waals surface area contributed by atoms with Crippen LogP contribution in [-0.2, 0) is 19.5 Å². The Bertz CT molecular complexity index is 555. The van der Waals surface area contributed by atoms with Crippen LogP contribution in [0.4, 0.5) is 0 Å². The van der Waals surface area contributed by atoms with Crippen LogP contribution in [0.5, 0.6) is 0 Å². The Hall–Kier alpha value is -1.57. The molecule has 2 rings (SSSR count). The topological polar surface area (TPSA) is 62.5 Å². The van der Waals surface area contributed by atoms with E-state index in [0.717, 1.165) is 23.8 Å². The van der Waals surface area contributed by atoms with Crippen LogP contribution in [0.3, 0.4) is 0 Å². The normalized spacial score (nSPS) is 10.9. The van der Waals surface area contributed by atoms with Gasteiger partial charge >= 0.3 is 0 Å². The third-order valence-electron chi connectivity index (χ3n) is 2.96. The molecule has 0 aliphatic heterocycles. The van der Waals surface area contributed by atoms with Gasteiger partial charge in [-0.2, -0.15) is 0 Å². The van der Waals surface area contributed by atoms with Crippen LogP contribution in [0.2, 0.25) is 0 Å². The SMILES string of the molecule is CCc1ccnc(CNC(=NC)NCc2ccco2)c1.I. The third kappa shape index (κ3) is 5.74. The van der Waals surface area contributed by atoms with E-state index >= 15 is 0 Å². The molecule has 0 spiro atoms. The molecule has 0 radical (unpaired) electrons. The van der Waals surface area contributed by atoms with Crippen LogP contribution in [-0.4, -0.2) is 18.0 Å². The van der Waals surface area contributed by atoms with Gasteiger partial charge in [0.2, 0.25) is 0 Å². The van der Waals surface area contributed by atoms with Gasteiger partial charge in [-0.15, -0.1) is 24.0 Å². The van der Waals surface area contributed by atoms with E-state index in [9.17, 15) is 0 Å². The van der Waals surface area contributed by atoms with Crippen molar-refractivity contribution in [3.63, 3.8) is 0 Å². The fourth-order valence-electron chi connectivity index (χ4n) is 1.82. The highest BCUT2D eigenvalue weighted by atomic mass is 127. The number of guanidine groups is 1. The Morgan fingerprint density at radius 1 is 1.29 bits per heavy atom. The molecule has 2 heterocycles. The molecule has 0 bridgehead atoms. The monoisotopic (exact) mass is 400 g/mol. The Morgan fingerprint density at radius 3 is 2.76 bits per heavy atom. The van der Waals surface area contributed by atoms with Crippen molar-refractivity contribution in [2.24, 2.45) is 4.99 Å². The van der Waals surface area contributed by atoms with Crippen molar-refractivity contribution in [3.05, 3.63) is 53.7 Å². The molecule has 0 unspecified atom stereocenters. The Kier molecular flexibility index (Phi) is 7.81. The van der Waals surface area contributed by atoms with Gasteiger partial charge in [0.1, 0.15) is 5.76 Å². The number of aromatic nitrogens is 1. The maximum absolute atomic E-state index is 5.26. The van der Waals surface area contributed by atoms with Gasteiger partial charge in [0, 0.05) is 13.2 Å². The molecular formula is C15H21IN4O. The summed E-state index contributed by atoms with van der Waals surface area (Å²) in [5.41, 5.74) is 2.29. The molecule has 21 heavy (non-hydrogen) atoms. The number of nitrogens with zero attached hydrogens (tertiary/aromatic N) is 2. The number of hydrogen-bond acceptors (Lipinski definition) is 3. The fourth-order valence-corrected chi connectivity index (χ4v) is 1.82. The van der Waals surface area contributed by atoms with Crippen molar-refractivity contribution in [2.45, 2.75) is 26.4 Å². The van der Waals surface area contributed by atoms with Crippen molar-refractivity contribution in [1.29, 1.82) is 0 Å². The first kappa shape index (κ1) is 17.5. The van der Waals surface area contributed by atoms with Crippen molar-refractivity contribution in [2.75, 3.05) is 7.05 Å². The Morgan fingerprint density at radius 2 is 2.10 bits per heavy atom. The molecular weight excluding hydrogens is 379 g/mol. The second kappa shape index (κ2) is 9.38. The van der Waals surface area contributed by atoms with Crippen molar-refractivity contribution in [3.8, 4) is 0 Å². The van der Waals surface area contributed by atoms with Crippen LogP contribution >= 0.6 is 24.0 Å². The van der Waals surface area contributed by atoms with Gasteiger partial charge in [-0.1, -0.05) is 6.92 Å². The number of aliphatic imine (C=N–C) groups is 1. The molecule has 2 aromatic rings. The molecule has 0 amide bonds. The highest BCUT2D eigenvalue weighted by molar-refractivity contribution is 14.0. The van der Waals surface area contributed by atoms with Crippen LogP contribution in [0.1, 0.15) is 23.9 Å². The number of nitrogens with one attached hydrogen (secondary N) is 2. The second-order valence-corrected chi connectivity index (χ2v) is 4.37. The molecule has 2 aromatic heterocycles. The van der Waals surface area contributed by atoms with Crippen LogP contribution in [0.15, 0.2) is 46.1 Å². The summed E-state index contributed by atoms with van der Waals surface area (Å²) in [7, 11) is 1.74. The van der Waals surface area contributed by atoms with E-state index in [4.69, 9.17) is 4.42 Å². The number of hydrogen-bond donors (Lipinski definition) is 2. The average molecular weight is 400 g/mol. The lowest BCUT2D eigenvalue weighted by molar-refractivity contribution is 0.501. The van der Waals surface area contributed by atoms with Gasteiger partial charge < -0.3 is 15.1 Å². The maximum atomic E-state index is 5.26. The standard InChI is InChI=1S/C15H20N4O.HI/c1-3-12-6-7-17-13(9-12)10-18-15(16-2)19-11-14-5-4-8-20-14;/h4-9H,3,10-11H2,1-2H3,(H2,16,18,19);1H. The van der Waals surface area contributed by atoms with E-state index in [1.165, 1.54) is 5.56 Å². The van der Waals surface area contributed by atoms with Crippen molar-refractivity contribution >= 4 is 29.9 Å². The smallest absolute Gasteiger partial charge is 0.191 e. The second-order valence-electron chi connectivity index (χ2n) is 4.37. The van der Waals surface area contributed by atoms with Gasteiger partial charge in [-0.05, 0) is 36.2 Å². The lowest BCUT2D eigenvalue weighted by Gasteiger charge is -2.11. The first-order valence-electron chi connectivity index (χ1n) is 6.72. The van der Waals surface area contributed by atoms with Gasteiger partial charge in [0.05, 0.1) is 25.0 Å². The lowest BCUT2D eigenvalue weighted by Crippen LogP contribution is -2.36. The summed E-state index contributed by atoms with van der Waals surface area (Å²) in [6, 6.07) is 7.93. The minimum Gasteiger partial charge on any atom is -0.467 e. The zero-order valence-corrected chi connectivity index (χ0v) is 14.6. The molecule has 0 saturated carbocycles. The van der Waals surface area contributed by atoms with Crippen LogP contribution < -0.4 is 10.6 Å². The number of furan rings is 1. The molecule has 114 valence electrons. The van der Waals surface area contributed by atoms with E-state index in [2.05, 4.69) is 33.6 Å². The molecule has 5 nitrogen and oxygen atoms in total. The third-order valence-corrected chi connectivity index (χ3v) is 2.96. The van der Waals surface area contributed by atoms with Crippen molar-refractivity contribution in [1.82, 2.24) is 15.6 Å². The predicted molar refractivity (Wildman–Crippen MR) is 94.8 cm³/mol. The summed E-state index contributed by atoms with van der Waals surface area (Å²) in [6.07, 6.45) is 4.52. The lowest BCUT2D eigenvalue weighted by atomic mass is 10.2. The zero-order chi connectivity index (χ0) is 14.2. The summed E-state index contributed by atoms with van der Waals surface area (Å²) in [4.78, 5) is 8.51. The molecule has 0 saturated heterocycles. The molecule has 0 fully saturated rings. The summed E-state index contributed by atoms with van der Waals surface area (Å²) in [6.45, 7) is 3.39. The van der Waals surface area contributed by atoms with Crippen molar-refractivity contribution < 1.29 is 4.42 Å². The first-order valence-corrected chi connectivity index (χ1v) is 6.72. The zero-order valence-electron chi connectivity index (χ0n) is 12.3. The van der Waals surface area contributed by atoms with E-state index in [1.807, 2.05) is 24.4 Å². The molecule has 0 aromatic carbocycles. The summed E-state index contributed by atoms with van der Waals surface area (Å²) < 4.78 is 5.26. The van der Waals surface area contributed by atoms with E-state index < -0.39 is 0 Å². The minimum absolute atomic E-state index is 0. The van der Waals surface area contributed by atoms with Crippen LogP contribution in [0, 0.1) is 0 Å². The van der Waals surface area contributed by atoms with Gasteiger partial charge in [0.15, 0.2) is 5.96 Å². The average Bonchev–Trinajstić information content (AvgIpc) is 3.01. The van der Waals surface area contributed by atoms with Gasteiger partial charge in [-0.25, -0.2) is 0 Å². The molecule has 6 heteroatoms. The minimum atomic E-state index is 0. The summed E-state index contributed by atoms with van der Waals surface area (Å²) in [5, 5.41) is 6.42. The van der Waals surface area contributed by atoms with E-state index in [0.29, 0.717) is 13.1 Å². The number of halogens is 1. The maximum Gasteiger partial charge on any atom is 0.191 e. The molecule has 2 N–H and O–H groups in total. The summed E-state index contributed by atoms with van der Waals surface area (Å²) >= 11 is 0. The highest BCUT2D eigenvalue weighted by Gasteiger charge is 2.01. The highest BCUT2D eigenvalue weighted by Crippen LogP contribution is 2.02. The number of pyridine rings is 1. The Labute approximate surface area is 142 Å².